The van der Waals surface area contributed by atoms with Gasteiger partial charge in [-0.2, -0.15) is 0 Å². The van der Waals surface area contributed by atoms with E-state index in [2.05, 4.69) is 6.92 Å². The highest BCUT2D eigenvalue weighted by molar-refractivity contribution is 5.90. The van der Waals surface area contributed by atoms with Crippen LogP contribution in [0.4, 0.5) is 0 Å². The molecule has 0 aliphatic heterocycles. The zero-order chi connectivity index (χ0) is 11.1. The van der Waals surface area contributed by atoms with Crippen molar-refractivity contribution in [3.05, 3.63) is 29.8 Å². The van der Waals surface area contributed by atoms with Crippen LogP contribution < -0.4 is 4.74 Å². The average molecular weight is 208 g/mol. The Morgan fingerprint density at radius 3 is 2.73 bits per heavy atom. The molecule has 0 radical (unpaired) electrons. The van der Waals surface area contributed by atoms with Crippen molar-refractivity contribution in [3.63, 3.8) is 0 Å². The molecule has 1 aromatic rings. The van der Waals surface area contributed by atoms with E-state index in [1.165, 1.54) is 0 Å². The van der Waals surface area contributed by atoms with E-state index in [1.54, 1.807) is 24.3 Å². The van der Waals surface area contributed by atoms with Crippen LogP contribution in [0.1, 0.15) is 36.5 Å². The van der Waals surface area contributed by atoms with Crippen LogP contribution >= 0.6 is 0 Å². The monoisotopic (exact) mass is 208 g/mol. The van der Waals surface area contributed by atoms with E-state index in [-0.39, 0.29) is 5.56 Å². The normalized spacial score (nSPS) is 9.93. The smallest absolute Gasteiger partial charge is 0.339 e. The summed E-state index contributed by atoms with van der Waals surface area (Å²) in [7, 11) is 0. The highest BCUT2D eigenvalue weighted by atomic mass is 16.5. The van der Waals surface area contributed by atoms with E-state index in [1.807, 2.05) is 0 Å². The Bertz CT molecular complexity index is 320. The molecule has 0 aliphatic rings. The minimum Gasteiger partial charge on any atom is -0.493 e. The van der Waals surface area contributed by atoms with Gasteiger partial charge in [0.2, 0.25) is 0 Å². The molecule has 0 heterocycles. The first-order valence-corrected chi connectivity index (χ1v) is 5.20. The van der Waals surface area contributed by atoms with Crippen LogP contribution in [0, 0.1) is 0 Å². The number of para-hydroxylation sites is 1. The fraction of sp³-hybridized carbons (Fsp3) is 0.417. The molecule has 0 fully saturated rings. The Labute approximate surface area is 89.7 Å². The lowest BCUT2D eigenvalue weighted by molar-refractivity contribution is 0.0692. The van der Waals surface area contributed by atoms with E-state index < -0.39 is 5.97 Å². The molecule has 3 heteroatoms. The van der Waals surface area contributed by atoms with Crippen LogP contribution in [0.5, 0.6) is 5.75 Å². The molecular formula is C12H16O3. The van der Waals surface area contributed by atoms with Crippen molar-refractivity contribution in [2.45, 2.75) is 26.2 Å². The summed E-state index contributed by atoms with van der Waals surface area (Å²) in [5.41, 5.74) is 0.231. The second-order valence-electron chi connectivity index (χ2n) is 3.36. The molecule has 0 atom stereocenters. The molecule has 3 nitrogen and oxygen atoms in total. The second kappa shape index (κ2) is 6.06. The van der Waals surface area contributed by atoms with Gasteiger partial charge in [0.05, 0.1) is 6.61 Å². The lowest BCUT2D eigenvalue weighted by Gasteiger charge is -2.08. The van der Waals surface area contributed by atoms with Gasteiger partial charge in [0.15, 0.2) is 0 Å². The van der Waals surface area contributed by atoms with Crippen LogP contribution in [0.15, 0.2) is 24.3 Å². The maximum absolute atomic E-state index is 10.8. The van der Waals surface area contributed by atoms with E-state index in [9.17, 15) is 4.79 Å². The number of benzene rings is 1. The van der Waals surface area contributed by atoms with Gasteiger partial charge in [-0.25, -0.2) is 4.79 Å². The molecule has 0 saturated carbocycles. The van der Waals surface area contributed by atoms with Gasteiger partial charge in [-0.15, -0.1) is 0 Å². The third-order valence-corrected chi connectivity index (χ3v) is 2.12. The first-order chi connectivity index (χ1) is 7.25. The zero-order valence-corrected chi connectivity index (χ0v) is 8.90. The standard InChI is InChI=1S/C12H16O3/c1-2-3-6-9-15-11-8-5-4-7-10(11)12(13)14/h4-5,7-8H,2-3,6,9H2,1H3,(H,13,14). The van der Waals surface area contributed by atoms with Gasteiger partial charge < -0.3 is 9.84 Å². The van der Waals surface area contributed by atoms with Crippen molar-refractivity contribution < 1.29 is 14.6 Å². The van der Waals surface area contributed by atoms with Gasteiger partial charge >= 0.3 is 5.97 Å². The summed E-state index contributed by atoms with van der Waals surface area (Å²) in [5.74, 6) is -0.484. The maximum atomic E-state index is 10.8. The molecule has 15 heavy (non-hydrogen) atoms. The van der Waals surface area contributed by atoms with Crippen molar-refractivity contribution in [1.82, 2.24) is 0 Å². The summed E-state index contributed by atoms with van der Waals surface area (Å²) in [6.07, 6.45) is 3.20. The number of aromatic carboxylic acids is 1. The summed E-state index contributed by atoms with van der Waals surface area (Å²) in [5, 5.41) is 8.89. The average Bonchev–Trinajstić information content (AvgIpc) is 2.25. The Morgan fingerprint density at radius 1 is 1.33 bits per heavy atom. The van der Waals surface area contributed by atoms with E-state index in [4.69, 9.17) is 9.84 Å². The predicted molar refractivity (Wildman–Crippen MR) is 58.4 cm³/mol. The zero-order valence-electron chi connectivity index (χ0n) is 8.90. The Balaban J connectivity index is 2.56. The molecule has 0 aliphatic carbocycles. The molecule has 0 bridgehead atoms. The quantitative estimate of drug-likeness (QED) is 0.731. The molecule has 0 spiro atoms. The topological polar surface area (TPSA) is 46.5 Å². The predicted octanol–water partition coefficient (Wildman–Crippen LogP) is 2.95. The number of carbonyl (C=O) groups is 1. The number of rotatable bonds is 6. The number of unbranched alkanes of at least 4 members (excludes halogenated alkanes) is 2. The van der Waals surface area contributed by atoms with Gasteiger partial charge in [-0.3, -0.25) is 0 Å². The van der Waals surface area contributed by atoms with Crippen LogP contribution in [-0.2, 0) is 0 Å². The van der Waals surface area contributed by atoms with Crippen LogP contribution in [-0.4, -0.2) is 17.7 Å². The van der Waals surface area contributed by atoms with Crippen LogP contribution in [0.3, 0.4) is 0 Å². The lowest BCUT2D eigenvalue weighted by atomic mass is 10.2. The van der Waals surface area contributed by atoms with Crippen LogP contribution in [0.25, 0.3) is 0 Å². The van der Waals surface area contributed by atoms with Crippen molar-refractivity contribution in [3.8, 4) is 5.75 Å². The van der Waals surface area contributed by atoms with Gasteiger partial charge in [-0.1, -0.05) is 31.9 Å². The van der Waals surface area contributed by atoms with Crippen molar-refractivity contribution >= 4 is 5.97 Å². The first-order valence-electron chi connectivity index (χ1n) is 5.20. The molecule has 0 amide bonds. The molecule has 1 aromatic carbocycles. The van der Waals surface area contributed by atoms with Crippen molar-refractivity contribution in [2.75, 3.05) is 6.61 Å². The molecular weight excluding hydrogens is 192 g/mol. The summed E-state index contributed by atoms with van der Waals surface area (Å²) in [4.78, 5) is 10.8. The minimum absolute atomic E-state index is 0.231. The van der Waals surface area contributed by atoms with E-state index in [0.717, 1.165) is 19.3 Å². The van der Waals surface area contributed by atoms with Crippen LogP contribution in [0.2, 0.25) is 0 Å². The SMILES string of the molecule is CCCCCOc1ccccc1C(=O)O. The summed E-state index contributed by atoms with van der Waals surface area (Å²) >= 11 is 0. The summed E-state index contributed by atoms with van der Waals surface area (Å²) in [6.45, 7) is 2.70. The van der Waals surface area contributed by atoms with E-state index in [0.29, 0.717) is 12.4 Å². The Hall–Kier alpha value is -1.51. The van der Waals surface area contributed by atoms with Crippen molar-refractivity contribution in [2.24, 2.45) is 0 Å². The summed E-state index contributed by atoms with van der Waals surface area (Å²) < 4.78 is 5.42. The van der Waals surface area contributed by atoms with Gasteiger partial charge in [-0.05, 0) is 18.6 Å². The fourth-order valence-corrected chi connectivity index (χ4v) is 1.30. The molecule has 1 N–H and O–H groups in total. The number of hydrogen-bond acceptors (Lipinski definition) is 2. The lowest BCUT2D eigenvalue weighted by Crippen LogP contribution is -2.04. The second-order valence-corrected chi connectivity index (χ2v) is 3.36. The molecule has 0 aromatic heterocycles. The van der Waals surface area contributed by atoms with Gasteiger partial charge in [0.1, 0.15) is 11.3 Å². The number of hydrogen-bond donors (Lipinski definition) is 1. The largest absolute Gasteiger partial charge is 0.493 e. The summed E-state index contributed by atoms with van der Waals surface area (Å²) in [6, 6.07) is 6.72. The molecule has 82 valence electrons. The van der Waals surface area contributed by atoms with E-state index >= 15 is 0 Å². The Morgan fingerprint density at radius 2 is 2.07 bits per heavy atom. The molecule has 0 unspecified atom stereocenters. The third kappa shape index (κ3) is 3.62. The van der Waals surface area contributed by atoms with Gasteiger partial charge in [0, 0.05) is 0 Å². The Kier molecular flexibility index (Phi) is 4.68. The highest BCUT2D eigenvalue weighted by Crippen LogP contribution is 2.18. The van der Waals surface area contributed by atoms with Gasteiger partial charge in [0.25, 0.3) is 0 Å². The fourth-order valence-electron chi connectivity index (χ4n) is 1.30. The maximum Gasteiger partial charge on any atom is 0.339 e. The number of carboxylic acids is 1. The molecule has 0 saturated heterocycles. The first kappa shape index (κ1) is 11.6. The highest BCUT2D eigenvalue weighted by Gasteiger charge is 2.09. The number of carboxylic acid groups (broad SMARTS) is 1. The van der Waals surface area contributed by atoms with Crippen molar-refractivity contribution in [1.29, 1.82) is 0 Å². The number of ether oxygens (including phenoxy) is 1. The third-order valence-electron chi connectivity index (χ3n) is 2.12. The molecule has 1 rings (SSSR count). The minimum atomic E-state index is -0.943.